The van der Waals surface area contributed by atoms with E-state index in [0.29, 0.717) is 5.69 Å². The lowest BCUT2D eigenvalue weighted by Crippen LogP contribution is -2.27. The number of thiocarbonyl (C=S) groups is 1. The normalized spacial score (nSPS) is 13.1. The summed E-state index contributed by atoms with van der Waals surface area (Å²) in [6.07, 6.45) is 1.25. The molecule has 0 fully saturated rings. The topological polar surface area (TPSA) is 85.1 Å². The zero-order valence-corrected chi connectivity index (χ0v) is 13.1. The summed E-state index contributed by atoms with van der Waals surface area (Å²) in [5.41, 5.74) is 6.74. The third-order valence-electron chi connectivity index (χ3n) is 2.67. The summed E-state index contributed by atoms with van der Waals surface area (Å²) in [4.78, 5) is 4.15. The Bertz CT molecular complexity index is 694. The van der Waals surface area contributed by atoms with Crippen LogP contribution in [0.5, 0.6) is 0 Å². The van der Waals surface area contributed by atoms with Crippen LogP contribution < -0.4 is 10.5 Å². The highest BCUT2D eigenvalue weighted by molar-refractivity contribution is 7.89. The van der Waals surface area contributed by atoms with Gasteiger partial charge in [0.25, 0.3) is 0 Å². The Morgan fingerprint density at radius 3 is 2.70 bits per heavy atom. The number of pyridine rings is 1. The van der Waals surface area contributed by atoms with Gasteiger partial charge in [0.1, 0.15) is 9.88 Å². The number of aromatic nitrogens is 1. The van der Waals surface area contributed by atoms with Gasteiger partial charge in [-0.05, 0) is 41.4 Å². The van der Waals surface area contributed by atoms with Crippen molar-refractivity contribution in [3.8, 4) is 0 Å². The van der Waals surface area contributed by atoms with Crippen molar-refractivity contribution in [3.63, 3.8) is 0 Å². The molecule has 0 saturated carbocycles. The molecule has 2 rings (SSSR count). The predicted molar refractivity (Wildman–Crippen MR) is 83.2 cm³/mol. The van der Waals surface area contributed by atoms with E-state index in [9.17, 15) is 8.42 Å². The molecular formula is C12H13N3O2S3. The van der Waals surface area contributed by atoms with Crippen LogP contribution in [-0.4, -0.2) is 18.4 Å². The molecule has 20 heavy (non-hydrogen) atoms. The molecule has 2 aromatic heterocycles. The van der Waals surface area contributed by atoms with Crippen molar-refractivity contribution in [2.24, 2.45) is 5.73 Å². The van der Waals surface area contributed by atoms with Crippen LogP contribution in [0.25, 0.3) is 0 Å². The van der Waals surface area contributed by atoms with Gasteiger partial charge in [0.15, 0.2) is 0 Å². The van der Waals surface area contributed by atoms with Crippen LogP contribution in [0.4, 0.5) is 0 Å². The maximum Gasteiger partial charge on any atom is 0.242 e. The van der Waals surface area contributed by atoms with Crippen molar-refractivity contribution in [2.45, 2.75) is 17.9 Å². The van der Waals surface area contributed by atoms with Crippen LogP contribution in [0.2, 0.25) is 0 Å². The Hall–Kier alpha value is -1.35. The zero-order chi connectivity index (χ0) is 14.8. The second-order valence-electron chi connectivity index (χ2n) is 4.14. The Morgan fingerprint density at radius 1 is 1.45 bits per heavy atom. The van der Waals surface area contributed by atoms with Crippen LogP contribution in [-0.2, 0) is 10.0 Å². The molecule has 0 radical (unpaired) electrons. The first-order valence-electron chi connectivity index (χ1n) is 5.70. The molecule has 8 heteroatoms. The third kappa shape index (κ3) is 3.40. The van der Waals surface area contributed by atoms with Crippen molar-refractivity contribution in [2.75, 3.05) is 0 Å². The van der Waals surface area contributed by atoms with Crippen molar-refractivity contribution >= 4 is 38.6 Å². The van der Waals surface area contributed by atoms with Crippen LogP contribution in [0.3, 0.4) is 0 Å². The quantitative estimate of drug-likeness (QED) is 0.818. The van der Waals surface area contributed by atoms with Crippen LogP contribution in [0, 0.1) is 0 Å². The van der Waals surface area contributed by atoms with Gasteiger partial charge in [0.05, 0.1) is 5.69 Å². The molecule has 5 nitrogen and oxygen atoms in total. The van der Waals surface area contributed by atoms with Gasteiger partial charge in [-0.15, -0.1) is 0 Å². The smallest absolute Gasteiger partial charge is 0.242 e. The van der Waals surface area contributed by atoms with E-state index in [2.05, 4.69) is 9.71 Å². The molecule has 2 aromatic rings. The Morgan fingerprint density at radius 2 is 2.20 bits per heavy atom. The molecule has 106 valence electrons. The van der Waals surface area contributed by atoms with Crippen molar-refractivity contribution in [3.05, 3.63) is 46.4 Å². The standard InChI is InChI=1S/C12H13N3O2S3/c1-8(9-4-5-19-7-9)15-20(16,17)10-2-3-11(12(13)18)14-6-10/h2-8,15H,1H3,(H2,13,18). The van der Waals surface area contributed by atoms with Gasteiger partial charge in [-0.3, -0.25) is 4.98 Å². The van der Waals surface area contributed by atoms with Gasteiger partial charge < -0.3 is 5.73 Å². The van der Waals surface area contributed by atoms with E-state index >= 15 is 0 Å². The summed E-state index contributed by atoms with van der Waals surface area (Å²) < 4.78 is 27.0. The fraction of sp³-hybridized carbons (Fsp3) is 0.167. The van der Waals surface area contributed by atoms with E-state index in [-0.39, 0.29) is 15.9 Å². The largest absolute Gasteiger partial charge is 0.388 e. The number of nitrogens with two attached hydrogens (primary N) is 1. The highest BCUT2D eigenvalue weighted by Crippen LogP contribution is 2.18. The average molecular weight is 327 g/mol. The summed E-state index contributed by atoms with van der Waals surface area (Å²) in [6.45, 7) is 1.79. The second kappa shape index (κ2) is 5.96. The molecule has 2 heterocycles. The van der Waals surface area contributed by atoms with E-state index in [1.54, 1.807) is 6.92 Å². The molecule has 0 aliphatic heterocycles. The number of hydrogen-bond acceptors (Lipinski definition) is 5. The maximum absolute atomic E-state index is 12.2. The van der Waals surface area contributed by atoms with Gasteiger partial charge in [-0.1, -0.05) is 12.2 Å². The summed E-state index contributed by atoms with van der Waals surface area (Å²) in [5.74, 6) is 0. The van der Waals surface area contributed by atoms with E-state index in [1.807, 2.05) is 16.8 Å². The summed E-state index contributed by atoms with van der Waals surface area (Å²) in [6, 6.07) is 4.50. The van der Waals surface area contributed by atoms with Crippen LogP contribution >= 0.6 is 23.6 Å². The molecular weight excluding hydrogens is 314 g/mol. The maximum atomic E-state index is 12.2. The number of nitrogens with one attached hydrogen (secondary N) is 1. The number of sulfonamides is 1. The summed E-state index contributed by atoms with van der Waals surface area (Å²) in [5, 5.41) is 3.81. The van der Waals surface area contributed by atoms with E-state index in [0.717, 1.165) is 5.56 Å². The second-order valence-corrected chi connectivity index (χ2v) is 7.08. The van der Waals surface area contributed by atoms with Crippen LogP contribution in [0.15, 0.2) is 40.1 Å². The van der Waals surface area contributed by atoms with Gasteiger partial charge in [0.2, 0.25) is 10.0 Å². The first kappa shape index (κ1) is 15.0. The lowest BCUT2D eigenvalue weighted by molar-refractivity contribution is 0.567. The van der Waals surface area contributed by atoms with Gasteiger partial charge in [-0.25, -0.2) is 13.1 Å². The van der Waals surface area contributed by atoms with Gasteiger partial charge >= 0.3 is 0 Å². The number of rotatable bonds is 5. The monoisotopic (exact) mass is 327 g/mol. The molecule has 0 aliphatic carbocycles. The summed E-state index contributed by atoms with van der Waals surface area (Å²) in [7, 11) is -3.62. The Kier molecular flexibility index (Phi) is 4.48. The van der Waals surface area contributed by atoms with E-state index < -0.39 is 10.0 Å². The fourth-order valence-electron chi connectivity index (χ4n) is 1.58. The highest BCUT2D eigenvalue weighted by Gasteiger charge is 2.19. The van der Waals surface area contributed by atoms with Crippen molar-refractivity contribution in [1.82, 2.24) is 9.71 Å². The molecule has 1 unspecified atom stereocenters. The lowest BCUT2D eigenvalue weighted by atomic mass is 10.2. The van der Waals surface area contributed by atoms with Crippen molar-refractivity contribution in [1.29, 1.82) is 0 Å². The molecule has 0 spiro atoms. The summed E-state index contributed by atoms with van der Waals surface area (Å²) >= 11 is 6.29. The molecule has 0 aromatic carbocycles. The van der Waals surface area contributed by atoms with Crippen LogP contribution in [0.1, 0.15) is 24.2 Å². The van der Waals surface area contributed by atoms with Gasteiger partial charge in [0, 0.05) is 12.2 Å². The first-order chi connectivity index (χ1) is 9.40. The zero-order valence-electron chi connectivity index (χ0n) is 10.6. The molecule has 1 atom stereocenters. The third-order valence-corrected chi connectivity index (χ3v) is 5.11. The molecule has 3 N–H and O–H groups in total. The van der Waals surface area contributed by atoms with E-state index in [4.69, 9.17) is 18.0 Å². The average Bonchev–Trinajstić information content (AvgIpc) is 2.92. The molecule has 0 bridgehead atoms. The minimum atomic E-state index is -3.62. The Balaban J connectivity index is 2.20. The Labute approximate surface area is 126 Å². The minimum absolute atomic E-state index is 0.0829. The lowest BCUT2D eigenvalue weighted by Gasteiger charge is -2.13. The van der Waals surface area contributed by atoms with Crippen molar-refractivity contribution < 1.29 is 8.42 Å². The first-order valence-corrected chi connectivity index (χ1v) is 8.54. The SMILES string of the molecule is CC(NS(=O)(=O)c1ccc(C(N)=S)nc1)c1ccsc1. The highest BCUT2D eigenvalue weighted by atomic mass is 32.2. The molecule has 0 saturated heterocycles. The molecule has 0 aliphatic rings. The number of hydrogen-bond donors (Lipinski definition) is 2. The fourth-order valence-corrected chi connectivity index (χ4v) is 3.63. The number of nitrogens with zero attached hydrogens (tertiary/aromatic N) is 1. The predicted octanol–water partition coefficient (Wildman–Crippen LogP) is 1.82. The van der Waals surface area contributed by atoms with Gasteiger partial charge in [-0.2, -0.15) is 11.3 Å². The molecule has 0 amide bonds. The minimum Gasteiger partial charge on any atom is -0.388 e. The number of thiophene rings is 1. The van der Waals surface area contributed by atoms with E-state index in [1.165, 1.54) is 29.7 Å².